The Morgan fingerprint density at radius 3 is 2.53 bits per heavy atom. The second kappa shape index (κ2) is 5.61. The molecular weight excluding hydrogens is 240 g/mol. The fraction of sp³-hybridized carbons (Fsp3) is 0.533. The van der Waals surface area contributed by atoms with E-state index in [-0.39, 0.29) is 5.56 Å². The number of aromatic carboxylic acids is 1. The first-order valence-electron chi connectivity index (χ1n) is 6.86. The SMILES string of the molecule is CC1CCCC(C)N1Cc1ccc(C(=O)O)cc1N. The summed E-state index contributed by atoms with van der Waals surface area (Å²) in [6.45, 7) is 5.29. The van der Waals surface area contributed by atoms with Gasteiger partial charge in [-0.05, 0) is 44.4 Å². The van der Waals surface area contributed by atoms with Crippen molar-refractivity contribution in [2.75, 3.05) is 5.73 Å². The van der Waals surface area contributed by atoms with Crippen LogP contribution in [0.1, 0.15) is 49.0 Å². The predicted octanol–water partition coefficient (Wildman–Crippen LogP) is 2.73. The number of nitrogen functional groups attached to an aromatic ring is 1. The van der Waals surface area contributed by atoms with Crippen molar-refractivity contribution in [1.29, 1.82) is 0 Å². The van der Waals surface area contributed by atoms with Gasteiger partial charge in [-0.1, -0.05) is 12.5 Å². The molecule has 0 saturated carbocycles. The molecule has 4 heteroatoms. The third kappa shape index (κ3) is 3.07. The van der Waals surface area contributed by atoms with Gasteiger partial charge in [0.25, 0.3) is 0 Å². The van der Waals surface area contributed by atoms with Crippen LogP contribution in [0.25, 0.3) is 0 Å². The average Bonchev–Trinajstić information content (AvgIpc) is 2.35. The number of hydrogen-bond acceptors (Lipinski definition) is 3. The fourth-order valence-corrected chi connectivity index (χ4v) is 2.86. The molecule has 1 aromatic carbocycles. The van der Waals surface area contributed by atoms with Crippen LogP contribution in [-0.2, 0) is 6.54 Å². The molecule has 1 fully saturated rings. The van der Waals surface area contributed by atoms with Crippen LogP contribution in [0.15, 0.2) is 18.2 Å². The molecule has 0 radical (unpaired) electrons. The fourth-order valence-electron chi connectivity index (χ4n) is 2.86. The summed E-state index contributed by atoms with van der Waals surface area (Å²) in [7, 11) is 0. The quantitative estimate of drug-likeness (QED) is 0.822. The van der Waals surface area contributed by atoms with E-state index >= 15 is 0 Å². The maximum Gasteiger partial charge on any atom is 0.335 e. The van der Waals surface area contributed by atoms with E-state index in [1.54, 1.807) is 12.1 Å². The molecule has 4 nitrogen and oxygen atoms in total. The summed E-state index contributed by atoms with van der Waals surface area (Å²) in [5.41, 5.74) is 7.82. The second-order valence-electron chi connectivity index (χ2n) is 5.52. The summed E-state index contributed by atoms with van der Waals surface area (Å²) >= 11 is 0. The van der Waals surface area contributed by atoms with Crippen LogP contribution in [0.3, 0.4) is 0 Å². The van der Waals surface area contributed by atoms with Gasteiger partial charge in [-0.15, -0.1) is 0 Å². The maximum absolute atomic E-state index is 10.9. The molecule has 1 heterocycles. The van der Waals surface area contributed by atoms with Gasteiger partial charge in [0.1, 0.15) is 0 Å². The number of nitrogens with two attached hydrogens (primary N) is 1. The van der Waals surface area contributed by atoms with E-state index in [4.69, 9.17) is 10.8 Å². The Labute approximate surface area is 114 Å². The Morgan fingerprint density at radius 1 is 1.37 bits per heavy atom. The maximum atomic E-state index is 10.9. The number of nitrogens with zero attached hydrogens (tertiary/aromatic N) is 1. The number of carboxylic acid groups (broad SMARTS) is 1. The first-order valence-corrected chi connectivity index (χ1v) is 6.86. The highest BCUT2D eigenvalue weighted by atomic mass is 16.4. The summed E-state index contributed by atoms with van der Waals surface area (Å²) in [4.78, 5) is 13.3. The Kier molecular flexibility index (Phi) is 4.10. The number of anilines is 1. The summed E-state index contributed by atoms with van der Waals surface area (Å²) in [6.07, 6.45) is 3.72. The highest BCUT2D eigenvalue weighted by Gasteiger charge is 2.25. The van der Waals surface area contributed by atoms with E-state index in [9.17, 15) is 4.79 Å². The molecular formula is C15H22N2O2. The smallest absolute Gasteiger partial charge is 0.335 e. The summed E-state index contributed by atoms with van der Waals surface area (Å²) < 4.78 is 0. The van der Waals surface area contributed by atoms with Gasteiger partial charge < -0.3 is 10.8 Å². The Bertz CT molecular complexity index is 463. The second-order valence-corrected chi connectivity index (χ2v) is 5.52. The number of piperidine rings is 1. The van der Waals surface area contributed by atoms with E-state index in [1.165, 1.54) is 19.3 Å². The van der Waals surface area contributed by atoms with Crippen molar-refractivity contribution in [1.82, 2.24) is 4.90 Å². The standard InChI is InChI=1S/C15H22N2O2/c1-10-4-3-5-11(2)17(10)9-13-7-6-12(15(18)19)8-14(13)16/h6-8,10-11H,3-5,9,16H2,1-2H3,(H,18,19). The minimum Gasteiger partial charge on any atom is -0.478 e. The lowest BCUT2D eigenvalue weighted by atomic mass is 9.96. The van der Waals surface area contributed by atoms with Crippen molar-refractivity contribution < 1.29 is 9.90 Å². The molecule has 1 saturated heterocycles. The first kappa shape index (κ1) is 13.9. The summed E-state index contributed by atoms with van der Waals surface area (Å²) in [5.74, 6) is -0.932. The van der Waals surface area contributed by atoms with E-state index < -0.39 is 5.97 Å². The van der Waals surface area contributed by atoms with Crippen LogP contribution >= 0.6 is 0 Å². The molecule has 0 aromatic heterocycles. The van der Waals surface area contributed by atoms with Crippen molar-refractivity contribution in [2.45, 2.75) is 51.7 Å². The van der Waals surface area contributed by atoms with Crippen LogP contribution in [0.4, 0.5) is 5.69 Å². The van der Waals surface area contributed by atoms with Crippen molar-refractivity contribution in [2.24, 2.45) is 0 Å². The monoisotopic (exact) mass is 262 g/mol. The molecule has 1 aliphatic rings. The molecule has 2 atom stereocenters. The molecule has 2 unspecified atom stereocenters. The van der Waals surface area contributed by atoms with Crippen molar-refractivity contribution in [3.05, 3.63) is 29.3 Å². The number of hydrogen-bond donors (Lipinski definition) is 2. The van der Waals surface area contributed by atoms with E-state index in [0.717, 1.165) is 12.1 Å². The number of benzene rings is 1. The largest absolute Gasteiger partial charge is 0.478 e. The number of carbonyl (C=O) groups is 1. The number of rotatable bonds is 3. The lowest BCUT2D eigenvalue weighted by Crippen LogP contribution is -2.43. The van der Waals surface area contributed by atoms with E-state index in [1.807, 2.05) is 6.07 Å². The molecule has 104 valence electrons. The number of likely N-dealkylation sites (tertiary alicyclic amines) is 1. The van der Waals surface area contributed by atoms with Gasteiger partial charge >= 0.3 is 5.97 Å². The molecule has 0 aliphatic carbocycles. The molecule has 0 amide bonds. The van der Waals surface area contributed by atoms with Crippen LogP contribution < -0.4 is 5.73 Å². The predicted molar refractivity (Wildman–Crippen MR) is 76.1 cm³/mol. The molecule has 0 bridgehead atoms. The van der Waals surface area contributed by atoms with Gasteiger partial charge in [-0.3, -0.25) is 4.90 Å². The zero-order valence-electron chi connectivity index (χ0n) is 11.6. The normalized spacial score (nSPS) is 24.3. The molecule has 1 aromatic rings. The highest BCUT2D eigenvalue weighted by Crippen LogP contribution is 2.26. The Hall–Kier alpha value is -1.55. The third-order valence-electron chi connectivity index (χ3n) is 4.12. The molecule has 1 aliphatic heterocycles. The van der Waals surface area contributed by atoms with Gasteiger partial charge in [0, 0.05) is 24.3 Å². The minimum atomic E-state index is -0.932. The number of carboxylic acids is 1. The van der Waals surface area contributed by atoms with Gasteiger partial charge in [0.2, 0.25) is 0 Å². The van der Waals surface area contributed by atoms with Gasteiger partial charge in [0.05, 0.1) is 5.56 Å². The Morgan fingerprint density at radius 2 is 2.00 bits per heavy atom. The van der Waals surface area contributed by atoms with Gasteiger partial charge in [-0.2, -0.15) is 0 Å². The molecule has 2 rings (SSSR count). The van der Waals surface area contributed by atoms with Crippen molar-refractivity contribution in [3.8, 4) is 0 Å². The third-order valence-corrected chi connectivity index (χ3v) is 4.12. The van der Waals surface area contributed by atoms with Crippen molar-refractivity contribution >= 4 is 11.7 Å². The molecule has 3 N–H and O–H groups in total. The highest BCUT2D eigenvalue weighted by molar-refractivity contribution is 5.88. The zero-order valence-corrected chi connectivity index (χ0v) is 11.6. The van der Waals surface area contributed by atoms with Crippen LogP contribution in [0.5, 0.6) is 0 Å². The summed E-state index contributed by atoms with van der Waals surface area (Å²) in [6, 6.07) is 6.14. The van der Waals surface area contributed by atoms with Crippen molar-refractivity contribution in [3.63, 3.8) is 0 Å². The first-order chi connectivity index (χ1) is 8.99. The topological polar surface area (TPSA) is 66.6 Å². The van der Waals surface area contributed by atoms with E-state index in [2.05, 4.69) is 18.7 Å². The average molecular weight is 262 g/mol. The molecule has 19 heavy (non-hydrogen) atoms. The lowest BCUT2D eigenvalue weighted by molar-refractivity contribution is 0.0696. The zero-order chi connectivity index (χ0) is 14.0. The molecule has 0 spiro atoms. The van der Waals surface area contributed by atoms with Crippen LogP contribution in [-0.4, -0.2) is 28.1 Å². The van der Waals surface area contributed by atoms with E-state index in [0.29, 0.717) is 17.8 Å². The minimum absolute atomic E-state index is 0.251. The lowest BCUT2D eigenvalue weighted by Gasteiger charge is -2.39. The van der Waals surface area contributed by atoms with Crippen LogP contribution in [0, 0.1) is 0 Å². The van der Waals surface area contributed by atoms with Gasteiger partial charge in [0.15, 0.2) is 0 Å². The summed E-state index contributed by atoms with van der Waals surface area (Å²) in [5, 5.41) is 8.94. The van der Waals surface area contributed by atoms with Crippen LogP contribution in [0.2, 0.25) is 0 Å². The van der Waals surface area contributed by atoms with Gasteiger partial charge in [-0.25, -0.2) is 4.79 Å². The Balaban J connectivity index is 2.16.